The molecule has 2 amide bonds. The van der Waals surface area contributed by atoms with Crippen molar-refractivity contribution in [2.45, 2.75) is 40.8 Å². The van der Waals surface area contributed by atoms with Crippen LogP contribution in [0.2, 0.25) is 0 Å². The average molecular weight is 384 g/mol. The Morgan fingerprint density at radius 3 is 1.86 bits per heavy atom. The summed E-state index contributed by atoms with van der Waals surface area (Å²) in [4.78, 5) is 25.2. The van der Waals surface area contributed by atoms with Crippen molar-refractivity contribution < 1.29 is 9.59 Å². The Bertz CT molecular complexity index is 1030. The van der Waals surface area contributed by atoms with E-state index in [-0.39, 0.29) is 17.3 Å². The molecule has 0 spiro atoms. The molecule has 0 bridgehead atoms. The summed E-state index contributed by atoms with van der Waals surface area (Å²) in [6.45, 7) is 8.99. The van der Waals surface area contributed by atoms with E-state index in [2.05, 4.69) is 25.9 Å². The number of rotatable bonds is 6. The summed E-state index contributed by atoms with van der Waals surface area (Å²) in [5, 5.41) is 18.4. The summed E-state index contributed by atoms with van der Waals surface area (Å²) in [7, 11) is 1.62. The van der Waals surface area contributed by atoms with E-state index in [0.29, 0.717) is 30.2 Å². The van der Waals surface area contributed by atoms with Crippen LogP contribution in [-0.2, 0) is 20.1 Å². The van der Waals surface area contributed by atoms with Crippen molar-refractivity contribution in [2.75, 3.05) is 10.6 Å². The van der Waals surface area contributed by atoms with Crippen LogP contribution < -0.4 is 10.6 Å². The van der Waals surface area contributed by atoms with E-state index in [0.717, 1.165) is 5.69 Å². The standard InChI is InChI=1S/C18H24N8O2/c1-6-25-9-14(11(3)21-25)19-17(27)13-8-16(24(5)23-13)18(28)20-15-10-26(7-2)22-12(15)4/h8-10H,6-7H2,1-5H3,(H,19,27)(H,20,28). The molecule has 3 aromatic rings. The molecule has 10 heteroatoms. The molecule has 10 nitrogen and oxygen atoms in total. The number of hydrogen-bond donors (Lipinski definition) is 2. The van der Waals surface area contributed by atoms with Gasteiger partial charge in [-0.3, -0.25) is 23.6 Å². The number of aryl methyl sites for hydroxylation is 5. The minimum absolute atomic E-state index is 0.150. The van der Waals surface area contributed by atoms with Crippen LogP contribution >= 0.6 is 0 Å². The first-order chi connectivity index (χ1) is 13.3. The smallest absolute Gasteiger partial charge is 0.276 e. The maximum Gasteiger partial charge on any atom is 0.276 e. The first-order valence-corrected chi connectivity index (χ1v) is 9.07. The molecule has 3 rings (SSSR count). The summed E-state index contributed by atoms with van der Waals surface area (Å²) >= 11 is 0. The van der Waals surface area contributed by atoms with E-state index in [9.17, 15) is 9.59 Å². The maximum absolute atomic E-state index is 12.6. The highest BCUT2D eigenvalue weighted by Crippen LogP contribution is 2.16. The number of aromatic nitrogens is 6. The lowest BCUT2D eigenvalue weighted by atomic mass is 10.3. The van der Waals surface area contributed by atoms with Crippen LogP contribution in [0.5, 0.6) is 0 Å². The van der Waals surface area contributed by atoms with Gasteiger partial charge in [-0.25, -0.2) is 0 Å². The second-order valence-corrected chi connectivity index (χ2v) is 6.41. The zero-order valence-electron chi connectivity index (χ0n) is 16.6. The topological polar surface area (TPSA) is 112 Å². The average Bonchev–Trinajstić information content (AvgIpc) is 3.33. The van der Waals surface area contributed by atoms with Crippen molar-refractivity contribution in [2.24, 2.45) is 7.05 Å². The summed E-state index contributed by atoms with van der Waals surface area (Å²) in [6.07, 6.45) is 3.53. The first kappa shape index (κ1) is 19.3. The van der Waals surface area contributed by atoms with Crippen LogP contribution in [0.4, 0.5) is 11.4 Å². The first-order valence-electron chi connectivity index (χ1n) is 9.07. The van der Waals surface area contributed by atoms with Crippen LogP contribution in [0, 0.1) is 13.8 Å². The fourth-order valence-corrected chi connectivity index (χ4v) is 2.77. The molecule has 148 valence electrons. The Morgan fingerprint density at radius 2 is 1.39 bits per heavy atom. The van der Waals surface area contributed by atoms with Crippen LogP contribution in [0.15, 0.2) is 18.5 Å². The summed E-state index contributed by atoms with van der Waals surface area (Å²) in [6, 6.07) is 1.46. The van der Waals surface area contributed by atoms with E-state index in [1.54, 1.807) is 28.8 Å². The van der Waals surface area contributed by atoms with Gasteiger partial charge in [0.2, 0.25) is 0 Å². The van der Waals surface area contributed by atoms with Crippen molar-refractivity contribution in [3.05, 3.63) is 41.2 Å². The number of carbonyl (C=O) groups is 2. The predicted octanol–water partition coefficient (Wildman–Crippen LogP) is 1.97. The lowest BCUT2D eigenvalue weighted by Gasteiger charge is -2.03. The van der Waals surface area contributed by atoms with Gasteiger partial charge in [-0.1, -0.05) is 0 Å². The lowest BCUT2D eigenvalue weighted by Crippen LogP contribution is -2.16. The molecule has 28 heavy (non-hydrogen) atoms. The Labute approximate surface area is 162 Å². The number of carbonyl (C=O) groups excluding carboxylic acids is 2. The second-order valence-electron chi connectivity index (χ2n) is 6.41. The number of anilines is 2. The highest BCUT2D eigenvalue weighted by atomic mass is 16.2. The molecular weight excluding hydrogens is 360 g/mol. The molecule has 0 aliphatic rings. The van der Waals surface area contributed by atoms with Gasteiger partial charge in [0.15, 0.2) is 5.69 Å². The monoisotopic (exact) mass is 384 g/mol. The zero-order chi connectivity index (χ0) is 20.4. The van der Waals surface area contributed by atoms with Gasteiger partial charge in [0.05, 0.1) is 22.8 Å². The maximum atomic E-state index is 12.6. The van der Waals surface area contributed by atoms with Crippen molar-refractivity contribution >= 4 is 23.2 Å². The van der Waals surface area contributed by atoms with Gasteiger partial charge in [-0.15, -0.1) is 0 Å². The van der Waals surface area contributed by atoms with E-state index in [4.69, 9.17) is 0 Å². The van der Waals surface area contributed by atoms with Crippen molar-refractivity contribution in [1.82, 2.24) is 29.3 Å². The molecular formula is C18H24N8O2. The predicted molar refractivity (Wildman–Crippen MR) is 104 cm³/mol. The molecule has 0 saturated heterocycles. The Morgan fingerprint density at radius 1 is 0.893 bits per heavy atom. The van der Waals surface area contributed by atoms with E-state index < -0.39 is 5.91 Å². The fraction of sp³-hybridized carbons (Fsp3) is 0.389. The summed E-state index contributed by atoms with van der Waals surface area (Å²) in [5.41, 5.74) is 3.10. The van der Waals surface area contributed by atoms with Gasteiger partial charge in [0.25, 0.3) is 11.8 Å². The third kappa shape index (κ3) is 3.80. The number of amides is 2. The zero-order valence-corrected chi connectivity index (χ0v) is 16.6. The molecule has 0 radical (unpaired) electrons. The van der Waals surface area contributed by atoms with E-state index >= 15 is 0 Å². The second kappa shape index (κ2) is 7.67. The normalized spacial score (nSPS) is 10.9. The Kier molecular flexibility index (Phi) is 5.30. The van der Waals surface area contributed by atoms with Gasteiger partial charge < -0.3 is 10.6 Å². The highest BCUT2D eigenvalue weighted by Gasteiger charge is 2.20. The number of hydrogen-bond acceptors (Lipinski definition) is 5. The molecule has 3 aromatic heterocycles. The molecule has 0 aromatic carbocycles. The molecule has 3 heterocycles. The van der Waals surface area contributed by atoms with Crippen LogP contribution in [0.1, 0.15) is 46.2 Å². The minimum atomic E-state index is -0.400. The molecule has 0 aliphatic heterocycles. The van der Waals surface area contributed by atoms with E-state index in [1.807, 2.05) is 27.7 Å². The largest absolute Gasteiger partial charge is 0.318 e. The summed E-state index contributed by atoms with van der Waals surface area (Å²) < 4.78 is 4.86. The third-order valence-electron chi connectivity index (χ3n) is 4.38. The fourth-order valence-electron chi connectivity index (χ4n) is 2.77. The van der Waals surface area contributed by atoms with Crippen molar-refractivity contribution in [3.63, 3.8) is 0 Å². The van der Waals surface area contributed by atoms with Gasteiger partial charge in [0.1, 0.15) is 5.69 Å². The van der Waals surface area contributed by atoms with Gasteiger partial charge in [-0.05, 0) is 27.7 Å². The van der Waals surface area contributed by atoms with Crippen LogP contribution in [0.25, 0.3) is 0 Å². The van der Waals surface area contributed by atoms with Gasteiger partial charge in [-0.2, -0.15) is 15.3 Å². The molecule has 0 unspecified atom stereocenters. The molecule has 0 saturated carbocycles. The SMILES string of the molecule is CCn1cc(NC(=O)c2cc(C(=O)Nc3cn(CC)nc3C)n(C)n2)c(C)n1. The molecule has 0 fully saturated rings. The van der Waals surface area contributed by atoms with Gasteiger partial charge in [0, 0.05) is 38.6 Å². The van der Waals surface area contributed by atoms with Crippen LogP contribution in [-0.4, -0.2) is 41.2 Å². The third-order valence-corrected chi connectivity index (χ3v) is 4.38. The minimum Gasteiger partial charge on any atom is -0.318 e. The highest BCUT2D eigenvalue weighted by molar-refractivity contribution is 6.07. The number of nitrogens with zero attached hydrogens (tertiary/aromatic N) is 6. The number of nitrogens with one attached hydrogen (secondary N) is 2. The van der Waals surface area contributed by atoms with Crippen molar-refractivity contribution in [1.29, 1.82) is 0 Å². The Hall–Kier alpha value is -3.43. The van der Waals surface area contributed by atoms with Crippen LogP contribution in [0.3, 0.4) is 0 Å². The Balaban J connectivity index is 1.76. The molecule has 0 atom stereocenters. The quantitative estimate of drug-likeness (QED) is 0.675. The molecule has 0 aliphatic carbocycles. The van der Waals surface area contributed by atoms with Gasteiger partial charge >= 0.3 is 0 Å². The summed E-state index contributed by atoms with van der Waals surface area (Å²) in [5.74, 6) is -0.758. The van der Waals surface area contributed by atoms with E-state index in [1.165, 1.54) is 10.7 Å². The van der Waals surface area contributed by atoms with Crippen molar-refractivity contribution in [3.8, 4) is 0 Å². The lowest BCUT2D eigenvalue weighted by molar-refractivity contribution is 0.101. The molecule has 2 N–H and O–H groups in total.